The monoisotopic (exact) mass is 366 g/mol. The Morgan fingerprint density at radius 1 is 1.07 bits per heavy atom. The minimum absolute atomic E-state index is 0.144. The van der Waals surface area contributed by atoms with Crippen molar-refractivity contribution in [3.8, 4) is 11.6 Å². The molecule has 27 heavy (non-hydrogen) atoms. The predicted molar refractivity (Wildman–Crippen MR) is 104 cm³/mol. The molecule has 0 fully saturated rings. The van der Waals surface area contributed by atoms with Gasteiger partial charge in [-0.25, -0.2) is 9.37 Å². The molecule has 0 unspecified atom stereocenters. The lowest BCUT2D eigenvalue weighted by atomic mass is 9.99. The molecule has 3 aromatic rings. The molecule has 1 N–H and O–H groups in total. The maximum Gasteiger partial charge on any atom is 0.213 e. The molecule has 2 aromatic carbocycles. The summed E-state index contributed by atoms with van der Waals surface area (Å²) in [6.45, 7) is 3.47. The average Bonchev–Trinajstić information content (AvgIpc) is 2.68. The van der Waals surface area contributed by atoms with Gasteiger partial charge in [0.05, 0.1) is 6.61 Å². The van der Waals surface area contributed by atoms with Crippen LogP contribution in [0, 0.1) is 5.82 Å². The summed E-state index contributed by atoms with van der Waals surface area (Å²) < 4.78 is 19.0. The van der Waals surface area contributed by atoms with Gasteiger partial charge in [0.1, 0.15) is 17.1 Å². The lowest BCUT2D eigenvalue weighted by Crippen LogP contribution is -2.31. The number of hydrogen-bond acceptors (Lipinski definition) is 4. The Hall–Kier alpha value is -2.66. The third kappa shape index (κ3) is 4.19. The number of aromatic nitrogens is 1. The number of hydrogen-bond donors (Lipinski definition) is 1. The van der Waals surface area contributed by atoms with E-state index in [1.165, 1.54) is 5.56 Å². The van der Waals surface area contributed by atoms with Crippen LogP contribution in [0.3, 0.4) is 0 Å². The van der Waals surface area contributed by atoms with Crippen molar-refractivity contribution < 1.29 is 14.2 Å². The average molecular weight is 366 g/mol. The zero-order chi connectivity index (χ0) is 18.6. The highest BCUT2D eigenvalue weighted by atomic mass is 19.1. The number of pyridine rings is 1. The molecule has 0 atom stereocenters. The van der Waals surface area contributed by atoms with Crippen LogP contribution in [-0.4, -0.2) is 34.7 Å². The Kier molecular flexibility index (Phi) is 5.21. The zero-order valence-corrected chi connectivity index (χ0v) is 15.2. The summed E-state index contributed by atoms with van der Waals surface area (Å²) in [4.78, 5) is 6.79. The first-order valence-corrected chi connectivity index (χ1v) is 9.40. The van der Waals surface area contributed by atoms with Gasteiger partial charge in [-0.3, -0.25) is 4.90 Å². The van der Waals surface area contributed by atoms with Crippen molar-refractivity contribution in [2.24, 2.45) is 0 Å². The molecule has 4 rings (SSSR count). The molecule has 140 valence electrons. The molecule has 2 heterocycles. The number of fused-ring (bicyclic) bond motifs is 2. The molecule has 0 bridgehead atoms. The predicted octanol–water partition coefficient (Wildman–Crippen LogP) is 4.30. The molecule has 0 radical (unpaired) electrons. The molecule has 1 aliphatic rings. The van der Waals surface area contributed by atoms with Crippen LogP contribution in [0.2, 0.25) is 0 Å². The van der Waals surface area contributed by atoms with Gasteiger partial charge < -0.3 is 9.84 Å². The number of aromatic hydroxyl groups is 1. The van der Waals surface area contributed by atoms with E-state index in [4.69, 9.17) is 4.74 Å². The van der Waals surface area contributed by atoms with Crippen LogP contribution < -0.4 is 4.74 Å². The van der Waals surface area contributed by atoms with Crippen molar-refractivity contribution in [2.75, 3.05) is 19.7 Å². The summed E-state index contributed by atoms with van der Waals surface area (Å²) in [6.07, 6.45) is 2.89. The fourth-order valence-corrected chi connectivity index (χ4v) is 3.58. The molecule has 0 spiro atoms. The summed E-state index contributed by atoms with van der Waals surface area (Å²) in [5, 5.41) is 10.8. The van der Waals surface area contributed by atoms with E-state index in [9.17, 15) is 9.50 Å². The van der Waals surface area contributed by atoms with Gasteiger partial charge in [-0.2, -0.15) is 0 Å². The Morgan fingerprint density at radius 3 is 2.93 bits per heavy atom. The second-order valence-electron chi connectivity index (χ2n) is 6.99. The van der Waals surface area contributed by atoms with E-state index in [1.807, 2.05) is 24.3 Å². The summed E-state index contributed by atoms with van der Waals surface area (Å²) in [7, 11) is 0. The summed E-state index contributed by atoms with van der Waals surface area (Å²) >= 11 is 0. The molecule has 0 saturated heterocycles. The minimum atomic E-state index is -0.144. The molecular formula is C22H23FN2O2. The van der Waals surface area contributed by atoms with E-state index in [1.54, 1.807) is 24.3 Å². The first-order valence-electron chi connectivity index (χ1n) is 9.40. The molecule has 1 aliphatic heterocycles. The third-order valence-corrected chi connectivity index (χ3v) is 5.05. The number of halogens is 1. The van der Waals surface area contributed by atoms with Crippen LogP contribution in [0.1, 0.15) is 24.0 Å². The molecule has 5 heteroatoms. The topological polar surface area (TPSA) is 45.6 Å². The fourth-order valence-electron chi connectivity index (χ4n) is 3.58. The quantitative estimate of drug-likeness (QED) is 0.661. The summed E-state index contributed by atoms with van der Waals surface area (Å²) in [5.74, 6) is 0.566. The van der Waals surface area contributed by atoms with Gasteiger partial charge in [-0.1, -0.05) is 18.2 Å². The first-order chi connectivity index (χ1) is 13.2. The van der Waals surface area contributed by atoms with Gasteiger partial charge in [0.2, 0.25) is 5.88 Å². The van der Waals surface area contributed by atoms with E-state index >= 15 is 0 Å². The maximum absolute atomic E-state index is 13.3. The first kappa shape index (κ1) is 17.7. The molecule has 0 aliphatic carbocycles. The van der Waals surface area contributed by atoms with E-state index in [0.29, 0.717) is 18.0 Å². The highest BCUT2D eigenvalue weighted by Gasteiger charge is 2.16. The number of rotatable bonds is 6. The summed E-state index contributed by atoms with van der Waals surface area (Å²) in [6, 6.07) is 14.2. The van der Waals surface area contributed by atoms with Gasteiger partial charge >= 0.3 is 0 Å². The third-order valence-electron chi connectivity index (χ3n) is 5.05. The largest absolute Gasteiger partial charge is 0.506 e. The number of nitrogens with zero attached hydrogens (tertiary/aromatic N) is 2. The summed E-state index contributed by atoms with van der Waals surface area (Å²) in [5.41, 5.74) is 2.94. The van der Waals surface area contributed by atoms with Crippen LogP contribution in [0.4, 0.5) is 4.39 Å². The fraction of sp³-hybridized carbons (Fsp3) is 0.318. The molecule has 4 nitrogen and oxygen atoms in total. The number of benzene rings is 2. The number of ether oxygens (including phenoxy) is 1. The standard InChI is InChI=1S/C22H23FN2O2/c23-19-8-6-18-15-25(12-10-17(18)14-19)11-1-2-13-27-21-9-7-16-4-3-5-20(26)22(16)24-21/h3-9,14,26H,1-2,10-13,15H2. The van der Waals surface area contributed by atoms with Gasteiger partial charge in [-0.15, -0.1) is 0 Å². The number of phenols is 1. The van der Waals surface area contributed by atoms with Crippen molar-refractivity contribution in [2.45, 2.75) is 25.8 Å². The number of para-hydroxylation sites is 1. The second kappa shape index (κ2) is 7.92. The van der Waals surface area contributed by atoms with Crippen LogP contribution in [-0.2, 0) is 13.0 Å². The van der Waals surface area contributed by atoms with Gasteiger partial charge in [0.15, 0.2) is 0 Å². The van der Waals surface area contributed by atoms with Crippen molar-refractivity contribution in [3.05, 3.63) is 65.5 Å². The Balaban J connectivity index is 1.23. The van der Waals surface area contributed by atoms with Crippen molar-refractivity contribution in [3.63, 3.8) is 0 Å². The Morgan fingerprint density at radius 2 is 2.00 bits per heavy atom. The van der Waals surface area contributed by atoms with Crippen molar-refractivity contribution in [1.82, 2.24) is 9.88 Å². The Labute approximate surface area is 158 Å². The van der Waals surface area contributed by atoms with Crippen LogP contribution in [0.25, 0.3) is 10.9 Å². The molecular weight excluding hydrogens is 343 g/mol. The van der Waals surface area contributed by atoms with E-state index in [0.717, 1.165) is 49.8 Å². The lowest BCUT2D eigenvalue weighted by Gasteiger charge is -2.28. The molecule has 0 saturated carbocycles. The van der Waals surface area contributed by atoms with Crippen LogP contribution in [0.15, 0.2) is 48.5 Å². The second-order valence-corrected chi connectivity index (χ2v) is 6.99. The smallest absolute Gasteiger partial charge is 0.213 e. The van der Waals surface area contributed by atoms with E-state index in [2.05, 4.69) is 9.88 Å². The normalized spacial score (nSPS) is 14.3. The van der Waals surface area contributed by atoms with E-state index in [-0.39, 0.29) is 11.6 Å². The minimum Gasteiger partial charge on any atom is -0.506 e. The van der Waals surface area contributed by atoms with Crippen molar-refractivity contribution >= 4 is 10.9 Å². The highest BCUT2D eigenvalue weighted by molar-refractivity contribution is 5.84. The SMILES string of the molecule is Oc1cccc2ccc(OCCCCN3CCc4cc(F)ccc4C3)nc12. The number of phenolic OH excluding ortho intramolecular Hbond substituents is 1. The van der Waals surface area contributed by atoms with Crippen LogP contribution in [0.5, 0.6) is 11.6 Å². The van der Waals surface area contributed by atoms with E-state index < -0.39 is 0 Å². The molecule has 1 aromatic heterocycles. The van der Waals surface area contributed by atoms with Gasteiger partial charge in [0, 0.05) is 24.5 Å². The highest BCUT2D eigenvalue weighted by Crippen LogP contribution is 2.25. The van der Waals surface area contributed by atoms with Crippen molar-refractivity contribution in [1.29, 1.82) is 0 Å². The maximum atomic E-state index is 13.3. The van der Waals surface area contributed by atoms with Gasteiger partial charge in [-0.05, 0) is 61.2 Å². The van der Waals surface area contributed by atoms with Gasteiger partial charge in [0.25, 0.3) is 0 Å². The zero-order valence-electron chi connectivity index (χ0n) is 15.2. The lowest BCUT2D eigenvalue weighted by molar-refractivity contribution is 0.233. The molecule has 0 amide bonds. The number of unbranched alkanes of at least 4 members (excludes halogenated alkanes) is 1. The Bertz CT molecular complexity index is 945. The van der Waals surface area contributed by atoms with Crippen LogP contribution >= 0.6 is 0 Å².